The first kappa shape index (κ1) is 7.44. The lowest BCUT2D eigenvalue weighted by molar-refractivity contribution is 0.563. The average molecular weight is 154 g/mol. The van der Waals surface area contributed by atoms with Crippen LogP contribution in [0.5, 0.6) is 0 Å². The predicted octanol–water partition coefficient (Wildman–Crippen LogP) is 0.925. The Hall–Kier alpha value is -0.670. The van der Waals surface area contributed by atoms with Gasteiger partial charge in [-0.1, -0.05) is 0 Å². The Morgan fingerprint density at radius 2 is 2.60 bits per heavy atom. The van der Waals surface area contributed by atoms with Crippen molar-refractivity contribution in [1.82, 2.24) is 5.32 Å². The van der Waals surface area contributed by atoms with Crippen molar-refractivity contribution in [2.45, 2.75) is 6.54 Å². The van der Waals surface area contributed by atoms with Crippen LogP contribution >= 0.6 is 11.3 Å². The summed E-state index contributed by atoms with van der Waals surface area (Å²) in [6.07, 6.45) is 1.89. The molecule has 0 atom stereocenters. The molecule has 0 fully saturated rings. The second kappa shape index (κ2) is 3.49. The topological polar surface area (TPSA) is 29.1 Å². The van der Waals surface area contributed by atoms with Crippen LogP contribution in [0.15, 0.2) is 11.4 Å². The third-order valence-corrected chi connectivity index (χ3v) is 2.06. The Morgan fingerprint density at radius 3 is 3.20 bits per heavy atom. The third-order valence-electron chi connectivity index (χ3n) is 1.21. The van der Waals surface area contributed by atoms with Crippen molar-refractivity contribution in [2.24, 2.45) is 0 Å². The number of rotatable bonds is 3. The molecular formula is C7H8NOS. The van der Waals surface area contributed by atoms with E-state index in [2.05, 4.69) is 5.32 Å². The highest BCUT2D eigenvalue weighted by molar-refractivity contribution is 7.11. The Morgan fingerprint density at radius 1 is 1.80 bits per heavy atom. The van der Waals surface area contributed by atoms with E-state index in [0.717, 1.165) is 12.1 Å². The van der Waals surface area contributed by atoms with E-state index in [1.807, 2.05) is 24.8 Å². The van der Waals surface area contributed by atoms with Crippen molar-refractivity contribution in [3.05, 3.63) is 21.9 Å². The van der Waals surface area contributed by atoms with Gasteiger partial charge in [0.25, 0.3) is 0 Å². The van der Waals surface area contributed by atoms with Gasteiger partial charge in [0.05, 0.1) is 4.88 Å². The minimum absolute atomic E-state index is 0.703. The summed E-state index contributed by atoms with van der Waals surface area (Å²) in [5.74, 6) is 0. The molecule has 2 nitrogen and oxygen atoms in total. The van der Waals surface area contributed by atoms with E-state index in [1.165, 1.54) is 11.3 Å². The van der Waals surface area contributed by atoms with Gasteiger partial charge in [0.15, 0.2) is 0 Å². The molecule has 1 radical (unpaired) electrons. The molecule has 0 aliphatic rings. The summed E-state index contributed by atoms with van der Waals surface area (Å²) in [6, 6.07) is 1.93. The van der Waals surface area contributed by atoms with E-state index in [-0.39, 0.29) is 0 Å². The maximum absolute atomic E-state index is 10.2. The Balaban J connectivity index is 2.79. The molecule has 1 N–H and O–H groups in total. The molecule has 53 valence electrons. The van der Waals surface area contributed by atoms with Crippen LogP contribution in [0.3, 0.4) is 0 Å². The normalized spacial score (nSPS) is 9.70. The number of carbonyl (C=O) groups excluding carboxylic acids is 1. The predicted molar refractivity (Wildman–Crippen MR) is 41.9 cm³/mol. The summed E-state index contributed by atoms with van der Waals surface area (Å²) in [7, 11) is 1.85. The van der Waals surface area contributed by atoms with Gasteiger partial charge in [0.2, 0.25) is 6.29 Å². The van der Waals surface area contributed by atoms with Crippen LogP contribution in [0.2, 0.25) is 0 Å². The molecule has 0 amide bonds. The van der Waals surface area contributed by atoms with E-state index in [1.54, 1.807) is 0 Å². The molecule has 1 heterocycles. The number of hydrogen-bond acceptors (Lipinski definition) is 3. The highest BCUT2D eigenvalue weighted by atomic mass is 32.1. The van der Waals surface area contributed by atoms with Crippen molar-refractivity contribution < 1.29 is 4.79 Å². The fraction of sp³-hybridized carbons (Fsp3) is 0.286. The zero-order valence-electron chi connectivity index (χ0n) is 5.68. The lowest BCUT2D eigenvalue weighted by Crippen LogP contribution is -2.05. The quantitative estimate of drug-likeness (QED) is 0.701. The molecule has 0 aliphatic heterocycles. The van der Waals surface area contributed by atoms with Crippen LogP contribution in [-0.2, 0) is 11.3 Å². The molecular weight excluding hydrogens is 146 g/mol. The van der Waals surface area contributed by atoms with Crippen LogP contribution in [0, 0.1) is 0 Å². The van der Waals surface area contributed by atoms with Gasteiger partial charge >= 0.3 is 0 Å². The van der Waals surface area contributed by atoms with Crippen molar-refractivity contribution >= 4 is 17.6 Å². The minimum Gasteiger partial charge on any atom is -0.316 e. The largest absolute Gasteiger partial charge is 0.316 e. The highest BCUT2D eigenvalue weighted by Gasteiger charge is 2.00. The first-order valence-corrected chi connectivity index (χ1v) is 3.85. The van der Waals surface area contributed by atoms with Gasteiger partial charge in [-0.15, -0.1) is 11.3 Å². The SMILES string of the molecule is CNCc1ccsc1[C]=O. The van der Waals surface area contributed by atoms with Crippen LogP contribution in [0.1, 0.15) is 10.4 Å². The molecule has 0 unspecified atom stereocenters. The third kappa shape index (κ3) is 1.43. The Bertz CT molecular complexity index is 219. The van der Waals surface area contributed by atoms with Gasteiger partial charge in [-0.2, -0.15) is 0 Å². The van der Waals surface area contributed by atoms with Gasteiger partial charge in [0, 0.05) is 6.54 Å². The number of hydrogen-bond donors (Lipinski definition) is 1. The number of thiophene rings is 1. The average Bonchev–Trinajstić information content (AvgIpc) is 2.36. The van der Waals surface area contributed by atoms with Gasteiger partial charge in [-0.25, -0.2) is 0 Å². The maximum Gasteiger partial charge on any atom is 0.244 e. The lowest BCUT2D eigenvalue weighted by Gasteiger charge is -1.93. The van der Waals surface area contributed by atoms with Crippen LogP contribution < -0.4 is 5.32 Å². The molecule has 3 heteroatoms. The van der Waals surface area contributed by atoms with Crippen molar-refractivity contribution in [3.63, 3.8) is 0 Å². The zero-order valence-corrected chi connectivity index (χ0v) is 6.49. The van der Waals surface area contributed by atoms with Crippen molar-refractivity contribution in [3.8, 4) is 0 Å². The van der Waals surface area contributed by atoms with E-state index < -0.39 is 0 Å². The fourth-order valence-electron chi connectivity index (χ4n) is 0.755. The zero-order chi connectivity index (χ0) is 7.40. The van der Waals surface area contributed by atoms with Gasteiger partial charge in [-0.05, 0) is 24.1 Å². The summed E-state index contributed by atoms with van der Waals surface area (Å²) >= 11 is 1.43. The highest BCUT2D eigenvalue weighted by Crippen LogP contribution is 2.13. The monoisotopic (exact) mass is 154 g/mol. The van der Waals surface area contributed by atoms with Crippen molar-refractivity contribution in [2.75, 3.05) is 7.05 Å². The van der Waals surface area contributed by atoms with E-state index in [0.29, 0.717) is 4.88 Å². The molecule has 1 aromatic heterocycles. The van der Waals surface area contributed by atoms with E-state index in [4.69, 9.17) is 0 Å². The molecule has 0 aliphatic carbocycles. The summed E-state index contributed by atoms with van der Waals surface area (Å²) in [4.78, 5) is 10.9. The van der Waals surface area contributed by atoms with Crippen LogP contribution in [0.4, 0.5) is 0 Å². The summed E-state index contributed by atoms with van der Waals surface area (Å²) < 4.78 is 0. The van der Waals surface area contributed by atoms with E-state index in [9.17, 15) is 4.79 Å². The maximum atomic E-state index is 10.2. The molecule has 1 aromatic rings. The van der Waals surface area contributed by atoms with Gasteiger partial charge in [-0.3, -0.25) is 4.79 Å². The van der Waals surface area contributed by atoms with Gasteiger partial charge < -0.3 is 5.32 Å². The fourth-order valence-corrected chi connectivity index (χ4v) is 1.46. The summed E-state index contributed by atoms with van der Waals surface area (Å²) in [6.45, 7) is 0.744. The molecule has 10 heavy (non-hydrogen) atoms. The summed E-state index contributed by atoms with van der Waals surface area (Å²) in [5.41, 5.74) is 1.03. The molecule has 0 bridgehead atoms. The minimum atomic E-state index is 0.703. The molecule has 0 spiro atoms. The molecule has 0 saturated carbocycles. The first-order chi connectivity index (χ1) is 4.88. The van der Waals surface area contributed by atoms with Crippen molar-refractivity contribution in [1.29, 1.82) is 0 Å². The van der Waals surface area contributed by atoms with Crippen LogP contribution in [-0.4, -0.2) is 13.3 Å². The number of nitrogens with one attached hydrogen (secondary N) is 1. The van der Waals surface area contributed by atoms with E-state index >= 15 is 0 Å². The Labute approximate surface area is 63.9 Å². The van der Waals surface area contributed by atoms with Crippen LogP contribution in [0.25, 0.3) is 0 Å². The molecule has 1 rings (SSSR count). The first-order valence-electron chi connectivity index (χ1n) is 2.97. The second-order valence-corrected chi connectivity index (χ2v) is 2.82. The lowest BCUT2D eigenvalue weighted by atomic mass is 10.3. The second-order valence-electron chi connectivity index (χ2n) is 1.91. The molecule has 0 saturated heterocycles. The van der Waals surface area contributed by atoms with Gasteiger partial charge in [0.1, 0.15) is 0 Å². The molecule has 0 aromatic carbocycles. The smallest absolute Gasteiger partial charge is 0.244 e. The summed E-state index contributed by atoms with van der Waals surface area (Å²) in [5, 5.41) is 4.87. The Kier molecular flexibility index (Phi) is 2.59. The standard InChI is InChI=1S/C7H8NOS/c1-8-4-6-2-3-10-7(6)5-9/h2-3,8H,4H2,1H3.